The van der Waals surface area contributed by atoms with Gasteiger partial charge in [0.15, 0.2) is 11.6 Å². The second-order valence-corrected chi connectivity index (χ2v) is 8.29. The summed E-state index contributed by atoms with van der Waals surface area (Å²) in [5.74, 6) is -0.651. The number of hydrogen-bond donors (Lipinski definition) is 0. The largest absolute Gasteiger partial charge is 0.327 e. The molecule has 0 aliphatic heterocycles. The van der Waals surface area contributed by atoms with Crippen molar-refractivity contribution in [3.63, 3.8) is 0 Å². The van der Waals surface area contributed by atoms with Gasteiger partial charge in [0, 0.05) is 37.3 Å². The summed E-state index contributed by atoms with van der Waals surface area (Å²) in [7, 11) is 0. The Labute approximate surface area is 194 Å². The fourth-order valence-electron chi connectivity index (χ4n) is 4.07. The third-order valence-corrected chi connectivity index (χ3v) is 5.77. The summed E-state index contributed by atoms with van der Waals surface area (Å²) < 4.78 is 30.6. The minimum absolute atomic E-state index is 0.304. The number of benzene rings is 3. The number of rotatable bonds is 10. The monoisotopic (exact) mass is 445 g/mol. The van der Waals surface area contributed by atoms with Crippen molar-refractivity contribution in [3.8, 4) is 11.4 Å². The minimum atomic E-state index is -0.813. The van der Waals surface area contributed by atoms with E-state index >= 15 is 0 Å². The van der Waals surface area contributed by atoms with E-state index in [1.165, 1.54) is 0 Å². The van der Waals surface area contributed by atoms with Gasteiger partial charge in [0.2, 0.25) is 0 Å². The van der Waals surface area contributed by atoms with Gasteiger partial charge < -0.3 is 4.57 Å². The van der Waals surface area contributed by atoms with Crippen LogP contribution >= 0.6 is 0 Å². The van der Waals surface area contributed by atoms with Gasteiger partial charge in [-0.3, -0.25) is 4.90 Å². The van der Waals surface area contributed by atoms with Crippen LogP contribution in [0.15, 0.2) is 85.1 Å². The molecule has 0 radical (unpaired) electrons. The Balaban J connectivity index is 1.66. The van der Waals surface area contributed by atoms with Crippen LogP contribution in [0, 0.1) is 11.6 Å². The number of hydrogen-bond acceptors (Lipinski definition) is 2. The lowest BCUT2D eigenvalue weighted by atomic mass is 10.1. The molecule has 0 aliphatic rings. The molecule has 170 valence electrons. The van der Waals surface area contributed by atoms with Crippen molar-refractivity contribution in [2.45, 2.75) is 45.9 Å². The van der Waals surface area contributed by atoms with Gasteiger partial charge >= 0.3 is 0 Å². The van der Waals surface area contributed by atoms with E-state index in [9.17, 15) is 8.78 Å². The van der Waals surface area contributed by atoms with E-state index in [1.807, 2.05) is 42.6 Å². The van der Waals surface area contributed by atoms with Gasteiger partial charge in [0.1, 0.15) is 5.82 Å². The molecule has 0 unspecified atom stereocenters. The highest BCUT2D eigenvalue weighted by Crippen LogP contribution is 2.23. The van der Waals surface area contributed by atoms with Gasteiger partial charge in [-0.2, -0.15) is 0 Å². The van der Waals surface area contributed by atoms with Crippen molar-refractivity contribution in [1.29, 1.82) is 0 Å². The third-order valence-electron chi connectivity index (χ3n) is 5.77. The molecular formula is C28H29F2N3. The summed E-state index contributed by atoms with van der Waals surface area (Å²) in [5.41, 5.74) is 3.62. The van der Waals surface area contributed by atoms with Crippen LogP contribution in [0.4, 0.5) is 8.78 Å². The Bertz CT molecular complexity index is 1160. The fraction of sp³-hybridized carbons (Fsp3) is 0.250. The topological polar surface area (TPSA) is 21.1 Å². The van der Waals surface area contributed by atoms with Gasteiger partial charge in [0.25, 0.3) is 0 Å². The highest BCUT2D eigenvalue weighted by molar-refractivity contribution is 5.55. The van der Waals surface area contributed by atoms with Crippen LogP contribution in [0.1, 0.15) is 36.6 Å². The standard InChI is InChI=1S/C28H29F2N3/c1-2-3-17-33-25(18-31-28(33)23-13-8-5-9-14-23)21-32(19-22-11-6-4-7-12-22)20-24-15-10-16-26(29)27(24)30/h4-16,18H,2-3,17,19-21H2,1H3. The van der Waals surface area contributed by atoms with Crippen molar-refractivity contribution >= 4 is 0 Å². The highest BCUT2D eigenvalue weighted by Gasteiger charge is 2.18. The molecule has 0 bridgehead atoms. The van der Waals surface area contributed by atoms with Crippen LogP contribution in [0.3, 0.4) is 0 Å². The van der Waals surface area contributed by atoms with Crippen molar-refractivity contribution in [2.75, 3.05) is 0 Å². The Morgan fingerprint density at radius 3 is 2.27 bits per heavy atom. The second kappa shape index (κ2) is 11.0. The van der Waals surface area contributed by atoms with Crippen molar-refractivity contribution in [1.82, 2.24) is 14.5 Å². The van der Waals surface area contributed by atoms with E-state index in [1.54, 1.807) is 12.1 Å². The average molecular weight is 446 g/mol. The molecule has 0 saturated heterocycles. The summed E-state index contributed by atoms with van der Waals surface area (Å²) >= 11 is 0. The molecule has 33 heavy (non-hydrogen) atoms. The molecular weight excluding hydrogens is 416 g/mol. The Morgan fingerprint density at radius 1 is 0.818 bits per heavy atom. The highest BCUT2D eigenvalue weighted by atomic mass is 19.2. The maximum Gasteiger partial charge on any atom is 0.163 e. The molecule has 3 aromatic carbocycles. The van der Waals surface area contributed by atoms with Crippen molar-refractivity contribution in [2.24, 2.45) is 0 Å². The maximum absolute atomic E-state index is 14.5. The van der Waals surface area contributed by atoms with E-state index in [0.29, 0.717) is 25.2 Å². The van der Waals surface area contributed by atoms with Crippen LogP contribution in [0.2, 0.25) is 0 Å². The van der Waals surface area contributed by atoms with Crippen molar-refractivity contribution in [3.05, 3.63) is 114 Å². The lowest BCUT2D eigenvalue weighted by molar-refractivity contribution is 0.236. The van der Waals surface area contributed by atoms with Crippen LogP contribution in [-0.2, 0) is 26.2 Å². The molecule has 0 spiro atoms. The Kier molecular flexibility index (Phi) is 7.63. The molecule has 3 nitrogen and oxygen atoms in total. The van der Waals surface area contributed by atoms with E-state index in [4.69, 9.17) is 4.98 Å². The maximum atomic E-state index is 14.5. The molecule has 1 heterocycles. The lowest BCUT2D eigenvalue weighted by Gasteiger charge is -2.24. The van der Waals surface area contributed by atoms with Crippen LogP contribution in [-0.4, -0.2) is 14.5 Å². The van der Waals surface area contributed by atoms with Gasteiger partial charge in [-0.05, 0) is 18.1 Å². The van der Waals surface area contributed by atoms with Crippen LogP contribution < -0.4 is 0 Å². The summed E-state index contributed by atoms with van der Waals surface area (Å²) in [6.07, 6.45) is 4.03. The predicted molar refractivity (Wildman–Crippen MR) is 128 cm³/mol. The number of aromatic nitrogens is 2. The quantitative estimate of drug-likeness (QED) is 0.267. The molecule has 5 heteroatoms. The number of imidazole rings is 1. The molecule has 0 amide bonds. The number of unbranched alkanes of at least 4 members (excludes halogenated alkanes) is 1. The van der Waals surface area contributed by atoms with Gasteiger partial charge in [-0.15, -0.1) is 0 Å². The Hall–Kier alpha value is -3.31. The number of halogens is 2. The van der Waals surface area contributed by atoms with Gasteiger partial charge in [-0.25, -0.2) is 13.8 Å². The van der Waals surface area contributed by atoms with Gasteiger partial charge in [0.05, 0.1) is 11.9 Å². The molecule has 0 N–H and O–H groups in total. The van der Waals surface area contributed by atoms with Gasteiger partial charge in [-0.1, -0.05) is 86.1 Å². The first kappa shape index (κ1) is 22.9. The molecule has 0 saturated carbocycles. The van der Waals surface area contributed by atoms with E-state index in [2.05, 4.69) is 40.7 Å². The van der Waals surface area contributed by atoms with Crippen molar-refractivity contribution < 1.29 is 8.78 Å². The first-order valence-corrected chi connectivity index (χ1v) is 11.4. The van der Waals surface area contributed by atoms with E-state index < -0.39 is 11.6 Å². The zero-order chi connectivity index (χ0) is 23.0. The van der Waals surface area contributed by atoms with Crippen LogP contribution in [0.5, 0.6) is 0 Å². The molecule has 1 aromatic heterocycles. The summed E-state index contributed by atoms with van der Waals surface area (Å²) in [4.78, 5) is 6.88. The minimum Gasteiger partial charge on any atom is -0.327 e. The SMILES string of the molecule is CCCCn1c(CN(Cc2ccccc2)Cc2cccc(F)c2F)cnc1-c1ccccc1. The summed E-state index contributed by atoms with van der Waals surface area (Å²) in [6.45, 7) is 4.54. The second-order valence-electron chi connectivity index (χ2n) is 8.29. The average Bonchev–Trinajstić information content (AvgIpc) is 3.24. The molecule has 4 rings (SSSR count). The first-order valence-electron chi connectivity index (χ1n) is 11.4. The molecule has 0 fully saturated rings. The molecule has 4 aromatic rings. The predicted octanol–water partition coefficient (Wildman–Crippen LogP) is 6.83. The summed E-state index contributed by atoms with van der Waals surface area (Å²) in [6, 6.07) is 24.6. The number of nitrogens with zero attached hydrogens (tertiary/aromatic N) is 3. The first-order chi connectivity index (χ1) is 16.2. The lowest BCUT2D eigenvalue weighted by Crippen LogP contribution is -2.25. The van der Waals surface area contributed by atoms with E-state index in [0.717, 1.165) is 48.1 Å². The fourth-order valence-corrected chi connectivity index (χ4v) is 4.07. The zero-order valence-electron chi connectivity index (χ0n) is 18.9. The normalized spacial score (nSPS) is 11.3. The Morgan fingerprint density at radius 2 is 1.55 bits per heavy atom. The molecule has 0 atom stereocenters. The van der Waals surface area contributed by atoms with E-state index in [-0.39, 0.29) is 0 Å². The smallest absolute Gasteiger partial charge is 0.163 e. The zero-order valence-corrected chi connectivity index (χ0v) is 18.9. The summed E-state index contributed by atoms with van der Waals surface area (Å²) in [5, 5.41) is 0. The van der Waals surface area contributed by atoms with Crippen LogP contribution in [0.25, 0.3) is 11.4 Å². The third kappa shape index (κ3) is 5.74. The molecule has 0 aliphatic carbocycles.